The van der Waals surface area contributed by atoms with Gasteiger partial charge < -0.3 is 10.1 Å². The number of H-pyrrole nitrogens is 1. The molecule has 0 saturated heterocycles. The highest BCUT2D eigenvalue weighted by Crippen LogP contribution is 2.15. The highest BCUT2D eigenvalue weighted by atomic mass is 16.4. The predicted molar refractivity (Wildman–Crippen MR) is 50.9 cm³/mol. The first-order valence-corrected chi connectivity index (χ1v) is 4.52. The van der Waals surface area contributed by atoms with E-state index in [2.05, 4.69) is 11.9 Å². The Labute approximate surface area is 77.8 Å². The normalized spacial score (nSPS) is 10.3. The zero-order valence-corrected chi connectivity index (χ0v) is 8.05. The van der Waals surface area contributed by atoms with E-state index < -0.39 is 5.97 Å². The second-order valence-corrected chi connectivity index (χ2v) is 3.18. The molecule has 3 nitrogen and oxygen atoms in total. The molecule has 0 radical (unpaired) electrons. The largest absolute Gasteiger partial charge is 0.481 e. The Balaban J connectivity index is 2.73. The molecule has 0 unspecified atom stereocenters. The van der Waals surface area contributed by atoms with Gasteiger partial charge in [-0.15, -0.1) is 0 Å². The van der Waals surface area contributed by atoms with Gasteiger partial charge in [-0.05, 0) is 30.9 Å². The molecule has 3 heteroatoms. The lowest BCUT2D eigenvalue weighted by molar-refractivity contribution is -0.136. The Morgan fingerprint density at radius 2 is 2.31 bits per heavy atom. The smallest absolute Gasteiger partial charge is 0.303 e. The van der Waals surface area contributed by atoms with Crippen molar-refractivity contribution in [2.75, 3.05) is 0 Å². The highest BCUT2D eigenvalue weighted by molar-refractivity contribution is 5.67. The van der Waals surface area contributed by atoms with E-state index >= 15 is 0 Å². The molecule has 0 bridgehead atoms. The molecule has 0 aromatic carbocycles. The van der Waals surface area contributed by atoms with Crippen molar-refractivity contribution in [2.24, 2.45) is 0 Å². The maximum atomic E-state index is 10.4. The first kappa shape index (κ1) is 9.84. The third kappa shape index (κ3) is 2.34. The maximum Gasteiger partial charge on any atom is 0.303 e. The summed E-state index contributed by atoms with van der Waals surface area (Å²) in [6.07, 6.45) is 3.72. The lowest BCUT2D eigenvalue weighted by Crippen LogP contribution is -1.99. The topological polar surface area (TPSA) is 53.1 Å². The number of hydrogen-bond donors (Lipinski definition) is 2. The minimum atomic E-state index is -0.734. The Morgan fingerprint density at radius 1 is 1.62 bits per heavy atom. The molecule has 0 amide bonds. The zero-order chi connectivity index (χ0) is 9.84. The second kappa shape index (κ2) is 4.12. The van der Waals surface area contributed by atoms with Crippen LogP contribution < -0.4 is 0 Å². The fourth-order valence-corrected chi connectivity index (χ4v) is 1.50. The fraction of sp³-hybridized carbons (Fsp3) is 0.500. The van der Waals surface area contributed by atoms with Crippen molar-refractivity contribution in [3.05, 3.63) is 23.0 Å². The number of aromatic nitrogens is 1. The van der Waals surface area contributed by atoms with Gasteiger partial charge in [0.1, 0.15) is 0 Å². The second-order valence-electron chi connectivity index (χ2n) is 3.18. The van der Waals surface area contributed by atoms with Crippen LogP contribution in [-0.4, -0.2) is 16.1 Å². The van der Waals surface area contributed by atoms with Crippen molar-refractivity contribution in [2.45, 2.75) is 33.1 Å². The van der Waals surface area contributed by atoms with Gasteiger partial charge in [-0.2, -0.15) is 0 Å². The highest BCUT2D eigenvalue weighted by Gasteiger charge is 2.07. The molecule has 1 aromatic heterocycles. The number of rotatable bonds is 4. The molecule has 1 aromatic rings. The van der Waals surface area contributed by atoms with E-state index in [1.807, 2.05) is 13.1 Å². The first-order chi connectivity index (χ1) is 6.15. The maximum absolute atomic E-state index is 10.4. The molecule has 0 spiro atoms. The molecule has 0 fully saturated rings. The monoisotopic (exact) mass is 181 g/mol. The van der Waals surface area contributed by atoms with Gasteiger partial charge in [-0.1, -0.05) is 6.92 Å². The number of carbonyl (C=O) groups is 1. The van der Waals surface area contributed by atoms with Gasteiger partial charge in [0.05, 0.1) is 0 Å². The number of carboxylic acid groups (broad SMARTS) is 1. The average molecular weight is 181 g/mol. The van der Waals surface area contributed by atoms with Crippen molar-refractivity contribution in [3.8, 4) is 0 Å². The molecule has 0 saturated carbocycles. The quantitative estimate of drug-likeness (QED) is 0.745. The number of aromatic amines is 1. The third-order valence-electron chi connectivity index (χ3n) is 2.25. The van der Waals surface area contributed by atoms with Crippen LogP contribution >= 0.6 is 0 Å². The van der Waals surface area contributed by atoms with Gasteiger partial charge in [0, 0.05) is 18.3 Å². The van der Waals surface area contributed by atoms with E-state index in [1.54, 1.807) is 0 Å². The van der Waals surface area contributed by atoms with Crippen molar-refractivity contribution in [1.29, 1.82) is 0 Å². The van der Waals surface area contributed by atoms with Crippen molar-refractivity contribution in [1.82, 2.24) is 4.98 Å². The number of aliphatic carboxylic acids is 1. The Morgan fingerprint density at radius 3 is 2.85 bits per heavy atom. The van der Waals surface area contributed by atoms with Crippen LogP contribution in [0.5, 0.6) is 0 Å². The number of carboxylic acids is 1. The minimum Gasteiger partial charge on any atom is -0.481 e. The summed E-state index contributed by atoms with van der Waals surface area (Å²) in [5.41, 5.74) is 3.50. The molecule has 0 aliphatic rings. The molecule has 1 rings (SSSR count). The van der Waals surface area contributed by atoms with E-state index in [1.165, 1.54) is 11.3 Å². The molecule has 2 N–H and O–H groups in total. The molecule has 1 heterocycles. The van der Waals surface area contributed by atoms with Gasteiger partial charge in [0.15, 0.2) is 0 Å². The van der Waals surface area contributed by atoms with Crippen LogP contribution in [0.4, 0.5) is 0 Å². The summed E-state index contributed by atoms with van der Waals surface area (Å²) in [4.78, 5) is 13.5. The fourth-order valence-electron chi connectivity index (χ4n) is 1.50. The first-order valence-electron chi connectivity index (χ1n) is 4.52. The number of hydrogen-bond acceptors (Lipinski definition) is 1. The van der Waals surface area contributed by atoms with Gasteiger partial charge >= 0.3 is 5.97 Å². The van der Waals surface area contributed by atoms with Gasteiger partial charge in [0.2, 0.25) is 0 Å². The van der Waals surface area contributed by atoms with Gasteiger partial charge in [0.25, 0.3) is 0 Å². The van der Waals surface area contributed by atoms with Crippen LogP contribution in [0.1, 0.15) is 30.2 Å². The van der Waals surface area contributed by atoms with Crippen molar-refractivity contribution >= 4 is 5.97 Å². The van der Waals surface area contributed by atoms with Crippen LogP contribution in [0.25, 0.3) is 0 Å². The van der Waals surface area contributed by atoms with E-state index in [9.17, 15) is 4.79 Å². The summed E-state index contributed by atoms with van der Waals surface area (Å²) in [5, 5.41) is 8.56. The number of aryl methyl sites for hydroxylation is 2. The SMILES string of the molecule is CCc1[nH]cc(C)c1CCC(=O)O. The zero-order valence-electron chi connectivity index (χ0n) is 8.05. The summed E-state index contributed by atoms with van der Waals surface area (Å²) in [6, 6.07) is 0. The molecule has 13 heavy (non-hydrogen) atoms. The Kier molecular flexibility index (Phi) is 3.12. The Bertz CT molecular complexity index is 302. The third-order valence-corrected chi connectivity index (χ3v) is 2.25. The van der Waals surface area contributed by atoms with Crippen LogP contribution in [0.2, 0.25) is 0 Å². The van der Waals surface area contributed by atoms with Crippen LogP contribution in [0.15, 0.2) is 6.20 Å². The average Bonchev–Trinajstić information content (AvgIpc) is 2.43. The van der Waals surface area contributed by atoms with E-state index in [0.717, 1.165) is 12.0 Å². The standard InChI is InChI=1S/C10H15NO2/c1-3-9-8(4-5-10(12)13)7(2)6-11-9/h6,11H,3-5H2,1-2H3,(H,12,13). The minimum absolute atomic E-state index is 0.214. The lowest BCUT2D eigenvalue weighted by atomic mass is 10.1. The van der Waals surface area contributed by atoms with E-state index in [-0.39, 0.29) is 6.42 Å². The summed E-state index contributed by atoms with van der Waals surface area (Å²) in [7, 11) is 0. The molecule has 72 valence electrons. The summed E-state index contributed by atoms with van der Waals surface area (Å²) in [5.74, 6) is -0.734. The van der Waals surface area contributed by atoms with Crippen LogP contribution in [-0.2, 0) is 17.6 Å². The molecular formula is C10H15NO2. The Hall–Kier alpha value is -1.25. The summed E-state index contributed by atoms with van der Waals surface area (Å²) < 4.78 is 0. The van der Waals surface area contributed by atoms with E-state index in [4.69, 9.17) is 5.11 Å². The molecule has 0 aliphatic heterocycles. The molecule has 0 atom stereocenters. The summed E-state index contributed by atoms with van der Waals surface area (Å²) >= 11 is 0. The molecular weight excluding hydrogens is 166 g/mol. The van der Waals surface area contributed by atoms with Crippen LogP contribution in [0, 0.1) is 6.92 Å². The van der Waals surface area contributed by atoms with Gasteiger partial charge in [-0.3, -0.25) is 4.79 Å². The van der Waals surface area contributed by atoms with Crippen molar-refractivity contribution in [3.63, 3.8) is 0 Å². The summed E-state index contributed by atoms with van der Waals surface area (Å²) in [6.45, 7) is 4.07. The van der Waals surface area contributed by atoms with Crippen LogP contribution in [0.3, 0.4) is 0 Å². The van der Waals surface area contributed by atoms with Gasteiger partial charge in [-0.25, -0.2) is 0 Å². The predicted octanol–water partition coefficient (Wildman–Crippen LogP) is 1.90. The molecule has 0 aliphatic carbocycles. The van der Waals surface area contributed by atoms with Crippen molar-refractivity contribution < 1.29 is 9.90 Å². The van der Waals surface area contributed by atoms with E-state index in [0.29, 0.717) is 6.42 Å². The number of nitrogens with one attached hydrogen (secondary N) is 1. The lowest BCUT2D eigenvalue weighted by Gasteiger charge is -2.00.